The van der Waals surface area contributed by atoms with Crippen molar-refractivity contribution in [2.45, 2.75) is 32.7 Å². The number of unbranched alkanes of at least 4 members (excludes halogenated alkanes) is 1. The highest BCUT2D eigenvalue weighted by atomic mass is 35.5. The third-order valence-corrected chi connectivity index (χ3v) is 3.15. The maximum absolute atomic E-state index is 12.1. The van der Waals surface area contributed by atoms with E-state index in [0.29, 0.717) is 30.2 Å². The Hall–Kier alpha value is -1.99. The number of carbonyl (C=O) groups is 2. The molecule has 0 aromatic heterocycles. The van der Waals surface area contributed by atoms with Crippen molar-refractivity contribution in [3.63, 3.8) is 0 Å². The van der Waals surface area contributed by atoms with Gasteiger partial charge < -0.3 is 25.8 Å². The molecule has 142 valence electrons. The van der Waals surface area contributed by atoms with E-state index in [1.807, 2.05) is 13.8 Å². The van der Waals surface area contributed by atoms with Gasteiger partial charge in [0.1, 0.15) is 0 Å². The quantitative estimate of drug-likeness (QED) is 0.539. The van der Waals surface area contributed by atoms with Crippen LogP contribution in [0.25, 0.3) is 0 Å². The second kappa shape index (κ2) is 12.4. The molecule has 0 fully saturated rings. The minimum atomic E-state index is -0.214. The molecule has 8 heteroatoms. The summed E-state index contributed by atoms with van der Waals surface area (Å²) in [6, 6.07) is 4.90. The Morgan fingerprint density at radius 3 is 2.52 bits per heavy atom. The van der Waals surface area contributed by atoms with Crippen LogP contribution in [0.15, 0.2) is 18.2 Å². The number of amides is 2. The molecule has 0 saturated heterocycles. The zero-order chi connectivity index (χ0) is 17.9. The molecule has 0 spiro atoms. The maximum Gasteiger partial charge on any atom is 0.258 e. The van der Waals surface area contributed by atoms with Gasteiger partial charge in [-0.3, -0.25) is 9.59 Å². The largest absolute Gasteiger partial charge is 0.493 e. The van der Waals surface area contributed by atoms with E-state index in [0.717, 1.165) is 12.8 Å². The van der Waals surface area contributed by atoms with Crippen molar-refractivity contribution in [2.24, 2.45) is 5.73 Å². The van der Waals surface area contributed by atoms with Crippen LogP contribution >= 0.6 is 12.4 Å². The Labute approximate surface area is 155 Å². The van der Waals surface area contributed by atoms with Crippen LogP contribution in [0, 0.1) is 0 Å². The Kier molecular flexibility index (Phi) is 11.4. The van der Waals surface area contributed by atoms with E-state index >= 15 is 0 Å². The third kappa shape index (κ3) is 8.60. The van der Waals surface area contributed by atoms with Crippen LogP contribution in [0.1, 0.15) is 37.0 Å². The van der Waals surface area contributed by atoms with Gasteiger partial charge in [-0.2, -0.15) is 0 Å². The van der Waals surface area contributed by atoms with Crippen molar-refractivity contribution in [2.75, 3.05) is 26.8 Å². The van der Waals surface area contributed by atoms with E-state index in [1.54, 1.807) is 18.2 Å². The molecule has 1 aromatic rings. The summed E-state index contributed by atoms with van der Waals surface area (Å²) in [6.07, 6.45) is 1.71. The monoisotopic (exact) mass is 373 g/mol. The first-order valence-electron chi connectivity index (χ1n) is 8.06. The van der Waals surface area contributed by atoms with Gasteiger partial charge >= 0.3 is 0 Å². The lowest BCUT2D eigenvalue weighted by Gasteiger charge is -2.13. The molecule has 0 bridgehead atoms. The number of nitrogens with two attached hydrogens (primary N) is 1. The minimum absolute atomic E-state index is 0. The van der Waals surface area contributed by atoms with Crippen molar-refractivity contribution in [3.05, 3.63) is 23.8 Å². The Balaban J connectivity index is 0.00000576. The standard InChI is InChI=1S/C17H27N3O4.ClH/c1-12(2)20-16(21)11-24-14-7-6-13(10-15(14)23-3)17(22)19-9-5-4-8-18;/h6-7,10,12H,4-5,8-9,11,18H2,1-3H3,(H,19,22)(H,20,21);1H. The number of carbonyl (C=O) groups excluding carboxylic acids is 2. The summed E-state index contributed by atoms with van der Waals surface area (Å²) in [6.45, 7) is 4.82. The number of halogens is 1. The van der Waals surface area contributed by atoms with Crippen LogP contribution in [0.3, 0.4) is 0 Å². The Morgan fingerprint density at radius 1 is 1.20 bits per heavy atom. The van der Waals surface area contributed by atoms with E-state index in [9.17, 15) is 9.59 Å². The van der Waals surface area contributed by atoms with Gasteiger partial charge in [-0.1, -0.05) is 0 Å². The molecule has 0 aliphatic heterocycles. The van der Waals surface area contributed by atoms with E-state index in [4.69, 9.17) is 15.2 Å². The molecule has 7 nitrogen and oxygen atoms in total. The van der Waals surface area contributed by atoms with Gasteiger partial charge in [-0.25, -0.2) is 0 Å². The molecular formula is C17H28ClN3O4. The van der Waals surface area contributed by atoms with Crippen LogP contribution in [0.4, 0.5) is 0 Å². The van der Waals surface area contributed by atoms with Crippen LogP contribution < -0.4 is 25.8 Å². The molecule has 0 unspecified atom stereocenters. The van der Waals surface area contributed by atoms with Gasteiger partial charge in [0.05, 0.1) is 7.11 Å². The number of benzene rings is 1. The molecule has 1 rings (SSSR count). The second-order valence-corrected chi connectivity index (χ2v) is 5.63. The van der Waals surface area contributed by atoms with Gasteiger partial charge in [0.15, 0.2) is 18.1 Å². The number of methoxy groups -OCH3 is 1. The van der Waals surface area contributed by atoms with E-state index in [-0.39, 0.29) is 36.9 Å². The summed E-state index contributed by atoms with van der Waals surface area (Å²) in [5, 5.41) is 5.56. The predicted molar refractivity (Wildman–Crippen MR) is 99.6 cm³/mol. The molecule has 0 saturated carbocycles. The number of hydrogen-bond acceptors (Lipinski definition) is 5. The molecule has 0 atom stereocenters. The summed E-state index contributed by atoms with van der Waals surface area (Å²) in [4.78, 5) is 23.7. The second-order valence-electron chi connectivity index (χ2n) is 5.63. The Morgan fingerprint density at radius 2 is 1.92 bits per heavy atom. The van der Waals surface area contributed by atoms with Crippen molar-refractivity contribution in [3.8, 4) is 11.5 Å². The zero-order valence-corrected chi connectivity index (χ0v) is 15.8. The molecule has 1 aromatic carbocycles. The van der Waals surface area contributed by atoms with Crippen molar-refractivity contribution < 1.29 is 19.1 Å². The van der Waals surface area contributed by atoms with Crippen LogP contribution in [0.5, 0.6) is 11.5 Å². The van der Waals surface area contributed by atoms with Crippen LogP contribution in [0.2, 0.25) is 0 Å². The third-order valence-electron chi connectivity index (χ3n) is 3.15. The lowest BCUT2D eigenvalue weighted by atomic mass is 10.2. The predicted octanol–water partition coefficient (Wildman–Crippen LogP) is 1.49. The normalized spacial score (nSPS) is 9.96. The first kappa shape index (κ1) is 23.0. The van der Waals surface area contributed by atoms with Crippen molar-refractivity contribution in [1.82, 2.24) is 10.6 Å². The fourth-order valence-electron chi connectivity index (χ4n) is 2.01. The summed E-state index contributed by atoms with van der Waals surface area (Å²) in [5.41, 5.74) is 5.89. The summed E-state index contributed by atoms with van der Waals surface area (Å²) < 4.78 is 10.7. The van der Waals surface area contributed by atoms with Crippen LogP contribution in [-0.2, 0) is 4.79 Å². The number of nitrogens with one attached hydrogen (secondary N) is 2. The highest BCUT2D eigenvalue weighted by Gasteiger charge is 2.12. The smallest absolute Gasteiger partial charge is 0.258 e. The lowest BCUT2D eigenvalue weighted by molar-refractivity contribution is -0.123. The topological polar surface area (TPSA) is 103 Å². The van der Waals surface area contributed by atoms with Crippen molar-refractivity contribution in [1.29, 1.82) is 0 Å². The van der Waals surface area contributed by atoms with E-state index in [1.165, 1.54) is 7.11 Å². The molecule has 0 heterocycles. The molecular weight excluding hydrogens is 346 g/mol. The van der Waals surface area contributed by atoms with Crippen molar-refractivity contribution >= 4 is 24.2 Å². The highest BCUT2D eigenvalue weighted by Crippen LogP contribution is 2.28. The number of rotatable bonds is 10. The first-order chi connectivity index (χ1) is 11.5. The Bertz CT molecular complexity index is 553. The molecule has 0 aliphatic rings. The first-order valence-corrected chi connectivity index (χ1v) is 8.06. The fourth-order valence-corrected chi connectivity index (χ4v) is 2.01. The number of ether oxygens (including phenoxy) is 2. The molecule has 2 amide bonds. The maximum atomic E-state index is 12.1. The fraction of sp³-hybridized carbons (Fsp3) is 0.529. The average molecular weight is 374 g/mol. The average Bonchev–Trinajstić information content (AvgIpc) is 2.55. The van der Waals surface area contributed by atoms with Gasteiger partial charge in [0, 0.05) is 18.2 Å². The van der Waals surface area contributed by atoms with Gasteiger partial charge in [0.2, 0.25) is 0 Å². The lowest BCUT2D eigenvalue weighted by Crippen LogP contribution is -2.34. The van der Waals surface area contributed by atoms with E-state index < -0.39 is 0 Å². The SMILES string of the molecule is COc1cc(C(=O)NCCCCN)ccc1OCC(=O)NC(C)C.Cl. The molecule has 0 radical (unpaired) electrons. The number of hydrogen-bond donors (Lipinski definition) is 3. The molecule has 25 heavy (non-hydrogen) atoms. The summed E-state index contributed by atoms with van der Waals surface area (Å²) in [7, 11) is 1.49. The summed E-state index contributed by atoms with van der Waals surface area (Å²) in [5.74, 6) is 0.418. The van der Waals surface area contributed by atoms with Gasteiger partial charge in [-0.05, 0) is 51.4 Å². The van der Waals surface area contributed by atoms with Gasteiger partial charge in [-0.15, -0.1) is 12.4 Å². The van der Waals surface area contributed by atoms with Crippen LogP contribution in [-0.4, -0.2) is 44.7 Å². The van der Waals surface area contributed by atoms with Gasteiger partial charge in [0.25, 0.3) is 11.8 Å². The minimum Gasteiger partial charge on any atom is -0.493 e. The highest BCUT2D eigenvalue weighted by molar-refractivity contribution is 5.94. The van der Waals surface area contributed by atoms with E-state index in [2.05, 4.69) is 10.6 Å². The zero-order valence-electron chi connectivity index (χ0n) is 15.0. The molecule has 4 N–H and O–H groups in total. The molecule has 0 aliphatic carbocycles. The summed E-state index contributed by atoms with van der Waals surface area (Å²) >= 11 is 0.